The Hall–Kier alpha value is -3.65. The van der Waals surface area contributed by atoms with E-state index < -0.39 is 20.2 Å². The molecule has 0 N–H and O–H groups in total. The minimum atomic E-state index is -2.11. The van der Waals surface area contributed by atoms with Gasteiger partial charge >= 0.3 is 5.82 Å². The predicted molar refractivity (Wildman–Crippen MR) is 139 cm³/mol. The Morgan fingerprint density at radius 3 is 2.46 bits per heavy atom. The SMILES string of the molecule is C=C(/C=C/OCc1ccc(OC)cc1)C(C#C/C=C\C#Cc1coc(=O)o1)O[Si](C)(C)C(C)(C)C. The standard InChI is InChI=1S/C28H32O6Si/c1-22(18-19-31-20-23-14-16-24(30-5)17-15-23)26(34-35(6,7)28(2,3)4)13-11-9-8-10-12-25-21-32-27(29)33-25/h8-9,14-19,21,26H,1,20H2,2-7H3/b9-8-,19-18+. The second kappa shape index (κ2) is 12.7. The predicted octanol–water partition coefficient (Wildman–Crippen LogP) is 5.83. The fraction of sp³-hybridized carbons (Fsp3) is 0.321. The summed E-state index contributed by atoms with van der Waals surface area (Å²) < 4.78 is 26.6. The molecular weight excluding hydrogens is 460 g/mol. The van der Waals surface area contributed by atoms with Gasteiger partial charge in [-0.2, -0.15) is 0 Å². The van der Waals surface area contributed by atoms with Gasteiger partial charge in [0.25, 0.3) is 0 Å². The molecule has 2 rings (SSSR count). The van der Waals surface area contributed by atoms with Crippen molar-refractivity contribution in [3.8, 4) is 29.4 Å². The molecule has 0 spiro atoms. The zero-order chi connectivity index (χ0) is 25.9. The maximum Gasteiger partial charge on any atom is 0.519 e. The van der Waals surface area contributed by atoms with Gasteiger partial charge in [-0.05, 0) is 65.6 Å². The fourth-order valence-electron chi connectivity index (χ4n) is 2.37. The molecule has 6 nitrogen and oxygen atoms in total. The lowest BCUT2D eigenvalue weighted by Gasteiger charge is -2.38. The van der Waals surface area contributed by atoms with Crippen molar-refractivity contribution in [1.29, 1.82) is 0 Å². The highest BCUT2D eigenvalue weighted by Crippen LogP contribution is 2.38. The van der Waals surface area contributed by atoms with E-state index in [0.717, 1.165) is 17.6 Å². The summed E-state index contributed by atoms with van der Waals surface area (Å²) in [6.07, 6.45) is 7.20. The summed E-state index contributed by atoms with van der Waals surface area (Å²) in [6, 6.07) is 7.68. The second-order valence-corrected chi connectivity index (χ2v) is 13.9. The third-order valence-corrected chi connectivity index (χ3v) is 9.90. The Kier molecular flexibility index (Phi) is 10.0. The van der Waals surface area contributed by atoms with Crippen LogP contribution in [0.3, 0.4) is 0 Å². The molecule has 184 valence electrons. The van der Waals surface area contributed by atoms with E-state index in [9.17, 15) is 4.79 Å². The van der Waals surface area contributed by atoms with Crippen LogP contribution in [0, 0.1) is 23.7 Å². The molecule has 2 aromatic rings. The molecule has 1 heterocycles. The largest absolute Gasteiger partial charge is 0.519 e. The van der Waals surface area contributed by atoms with Crippen LogP contribution in [-0.2, 0) is 15.8 Å². The van der Waals surface area contributed by atoms with E-state index >= 15 is 0 Å². The van der Waals surface area contributed by atoms with Gasteiger partial charge in [-0.15, -0.1) is 0 Å². The molecule has 35 heavy (non-hydrogen) atoms. The molecule has 0 radical (unpaired) electrons. The Morgan fingerprint density at radius 2 is 1.86 bits per heavy atom. The van der Waals surface area contributed by atoms with Gasteiger partial charge in [0.1, 0.15) is 24.7 Å². The van der Waals surface area contributed by atoms with Crippen molar-refractivity contribution >= 4 is 8.32 Å². The molecular formula is C28H32O6Si. The first-order chi connectivity index (χ1) is 16.5. The van der Waals surface area contributed by atoms with Gasteiger partial charge in [0.2, 0.25) is 5.76 Å². The molecule has 0 bridgehead atoms. The van der Waals surface area contributed by atoms with E-state index in [1.54, 1.807) is 31.6 Å². The summed E-state index contributed by atoms with van der Waals surface area (Å²) in [5.74, 6) is 11.6. The molecule has 1 aromatic carbocycles. The lowest BCUT2D eigenvalue weighted by Crippen LogP contribution is -2.43. The van der Waals surface area contributed by atoms with Gasteiger partial charge < -0.3 is 22.7 Å². The average molecular weight is 493 g/mol. The van der Waals surface area contributed by atoms with Gasteiger partial charge in [-0.1, -0.05) is 57.2 Å². The first-order valence-electron chi connectivity index (χ1n) is 11.1. The van der Waals surface area contributed by atoms with E-state index in [-0.39, 0.29) is 10.8 Å². The first kappa shape index (κ1) is 27.6. The molecule has 0 saturated carbocycles. The van der Waals surface area contributed by atoms with Crippen LogP contribution in [0.4, 0.5) is 0 Å². The average Bonchev–Trinajstić information content (AvgIpc) is 3.22. The number of ether oxygens (including phenoxy) is 2. The van der Waals surface area contributed by atoms with Crippen LogP contribution in [-0.4, -0.2) is 21.5 Å². The number of hydrogen-bond donors (Lipinski definition) is 0. The third kappa shape index (κ3) is 9.25. The van der Waals surface area contributed by atoms with Crippen molar-refractivity contribution in [2.75, 3.05) is 7.11 Å². The Morgan fingerprint density at radius 1 is 1.17 bits per heavy atom. The van der Waals surface area contributed by atoms with Crippen LogP contribution in [0.25, 0.3) is 0 Å². The minimum Gasteiger partial charge on any atom is -0.497 e. The maximum atomic E-state index is 10.9. The quantitative estimate of drug-likeness (QED) is 0.200. The normalized spacial score (nSPS) is 12.5. The highest BCUT2D eigenvalue weighted by atomic mass is 28.4. The number of rotatable bonds is 8. The molecule has 0 fully saturated rings. The molecule has 0 saturated heterocycles. The highest BCUT2D eigenvalue weighted by molar-refractivity contribution is 6.74. The first-order valence-corrected chi connectivity index (χ1v) is 14.0. The van der Waals surface area contributed by atoms with Crippen molar-refractivity contribution < 1.29 is 22.7 Å². The summed E-state index contributed by atoms with van der Waals surface area (Å²) in [7, 11) is -0.476. The van der Waals surface area contributed by atoms with Crippen LogP contribution < -0.4 is 10.6 Å². The molecule has 0 amide bonds. The summed E-state index contributed by atoms with van der Waals surface area (Å²) >= 11 is 0. The van der Waals surface area contributed by atoms with Crippen LogP contribution in [0.5, 0.6) is 5.75 Å². The second-order valence-electron chi connectivity index (χ2n) is 9.14. The number of methoxy groups -OCH3 is 1. The van der Waals surface area contributed by atoms with Gasteiger partial charge in [-0.3, -0.25) is 0 Å². The zero-order valence-electron chi connectivity index (χ0n) is 21.1. The van der Waals surface area contributed by atoms with Crippen molar-refractivity contribution in [1.82, 2.24) is 0 Å². The van der Waals surface area contributed by atoms with Gasteiger partial charge in [0, 0.05) is 0 Å². The van der Waals surface area contributed by atoms with E-state index in [1.165, 1.54) is 0 Å². The van der Waals surface area contributed by atoms with E-state index in [4.69, 9.17) is 18.3 Å². The molecule has 0 aliphatic heterocycles. The van der Waals surface area contributed by atoms with Gasteiger partial charge in [-0.25, -0.2) is 4.79 Å². The Bertz CT molecular complexity index is 1210. The number of hydrogen-bond acceptors (Lipinski definition) is 6. The Balaban J connectivity index is 2.06. The Labute approximate surface area is 208 Å². The van der Waals surface area contributed by atoms with Crippen LogP contribution in [0.1, 0.15) is 32.1 Å². The summed E-state index contributed by atoms with van der Waals surface area (Å²) in [4.78, 5) is 10.9. The minimum absolute atomic E-state index is 0.0115. The monoisotopic (exact) mass is 492 g/mol. The van der Waals surface area contributed by atoms with Crippen molar-refractivity contribution in [2.45, 2.75) is 51.6 Å². The van der Waals surface area contributed by atoms with Crippen LogP contribution in [0.2, 0.25) is 18.1 Å². The summed E-state index contributed by atoms with van der Waals surface area (Å²) in [6.45, 7) is 15.4. The molecule has 7 heteroatoms. The topological polar surface area (TPSA) is 71.0 Å². The summed E-state index contributed by atoms with van der Waals surface area (Å²) in [5, 5.41) is 0.0115. The highest BCUT2D eigenvalue weighted by Gasteiger charge is 2.39. The lowest BCUT2D eigenvalue weighted by molar-refractivity contribution is 0.234. The molecule has 1 unspecified atom stereocenters. The van der Waals surface area contributed by atoms with Crippen molar-refractivity contribution in [3.63, 3.8) is 0 Å². The van der Waals surface area contributed by atoms with Gasteiger partial charge in [0.05, 0.1) is 13.4 Å². The zero-order valence-corrected chi connectivity index (χ0v) is 22.1. The van der Waals surface area contributed by atoms with E-state index in [1.807, 2.05) is 24.3 Å². The van der Waals surface area contributed by atoms with E-state index in [0.29, 0.717) is 12.2 Å². The van der Waals surface area contributed by atoms with Crippen molar-refractivity contribution in [2.24, 2.45) is 0 Å². The number of benzene rings is 1. The van der Waals surface area contributed by atoms with Crippen LogP contribution in [0.15, 0.2) is 80.8 Å². The maximum absolute atomic E-state index is 10.9. The molecule has 1 atom stereocenters. The molecule has 0 aliphatic rings. The molecule has 1 aromatic heterocycles. The van der Waals surface area contributed by atoms with Gasteiger partial charge in [0.15, 0.2) is 8.32 Å². The smallest absolute Gasteiger partial charge is 0.497 e. The number of allylic oxidation sites excluding steroid dienone is 2. The van der Waals surface area contributed by atoms with Crippen LogP contribution >= 0.6 is 0 Å². The molecule has 0 aliphatic carbocycles. The van der Waals surface area contributed by atoms with Crippen molar-refractivity contribution in [3.05, 3.63) is 89.1 Å². The third-order valence-electron chi connectivity index (χ3n) is 5.46. The summed E-state index contributed by atoms with van der Waals surface area (Å²) in [5.41, 5.74) is 1.72. The fourth-order valence-corrected chi connectivity index (χ4v) is 3.53. The van der Waals surface area contributed by atoms with E-state index in [2.05, 4.69) is 68.5 Å². The lowest BCUT2D eigenvalue weighted by atomic mass is 10.2.